The molecule has 1 aromatic carbocycles. The van der Waals surface area contributed by atoms with E-state index in [0.29, 0.717) is 36.7 Å². The molecule has 2 aromatic rings. The van der Waals surface area contributed by atoms with Crippen molar-refractivity contribution in [2.75, 3.05) is 18.4 Å². The van der Waals surface area contributed by atoms with Gasteiger partial charge in [0, 0.05) is 36.1 Å². The molecule has 0 unspecified atom stereocenters. The van der Waals surface area contributed by atoms with Crippen molar-refractivity contribution in [3.63, 3.8) is 0 Å². The molecule has 1 aliphatic heterocycles. The number of nitrogens with zero attached hydrogens (tertiary/aromatic N) is 2. The van der Waals surface area contributed by atoms with Crippen LogP contribution in [0.2, 0.25) is 0 Å². The molecule has 0 radical (unpaired) electrons. The number of imide groups is 1. The lowest BCUT2D eigenvalue weighted by Crippen LogP contribution is -2.43. The van der Waals surface area contributed by atoms with Gasteiger partial charge in [0.15, 0.2) is 0 Å². The molecule has 1 atom stereocenters. The molecule has 0 bridgehead atoms. The minimum Gasteiger partial charge on any atom is -0.374 e. The van der Waals surface area contributed by atoms with Gasteiger partial charge in [0.2, 0.25) is 0 Å². The summed E-state index contributed by atoms with van der Waals surface area (Å²) in [5.41, 5.74) is 1.95. The highest BCUT2D eigenvalue weighted by Gasteiger charge is 2.29. The lowest BCUT2D eigenvalue weighted by Gasteiger charge is -2.20. The first-order valence-corrected chi connectivity index (χ1v) is 8.54. The molecule has 8 nitrogen and oxygen atoms in total. The van der Waals surface area contributed by atoms with Gasteiger partial charge in [-0.25, -0.2) is 9.78 Å². The smallest absolute Gasteiger partial charge is 0.324 e. The summed E-state index contributed by atoms with van der Waals surface area (Å²) in [6.07, 6.45) is 0.665. The second kappa shape index (κ2) is 7.38. The molecule has 0 aliphatic carbocycles. The van der Waals surface area contributed by atoms with Crippen LogP contribution in [-0.2, 0) is 11.2 Å². The van der Waals surface area contributed by atoms with Gasteiger partial charge in [0.05, 0.1) is 0 Å². The second-order valence-corrected chi connectivity index (χ2v) is 6.11. The molecule has 8 heteroatoms. The number of hydrogen-bond acceptors (Lipinski definition) is 5. The quantitative estimate of drug-likeness (QED) is 0.750. The molecule has 3 rings (SSSR count). The highest BCUT2D eigenvalue weighted by Crippen LogP contribution is 2.20. The van der Waals surface area contributed by atoms with E-state index < -0.39 is 6.04 Å². The number of benzene rings is 1. The van der Waals surface area contributed by atoms with Crippen molar-refractivity contribution >= 4 is 17.6 Å². The Hall–Kier alpha value is -3.16. The summed E-state index contributed by atoms with van der Waals surface area (Å²) in [5.74, 6) is 0.195. The third kappa shape index (κ3) is 3.74. The lowest BCUT2D eigenvalue weighted by molar-refractivity contribution is -0.128. The van der Waals surface area contributed by atoms with Gasteiger partial charge in [-0.15, -0.1) is 0 Å². The van der Waals surface area contributed by atoms with Crippen molar-refractivity contribution in [2.24, 2.45) is 0 Å². The van der Waals surface area contributed by atoms with Gasteiger partial charge in [-0.3, -0.25) is 14.5 Å². The van der Waals surface area contributed by atoms with Crippen LogP contribution in [0.5, 0.6) is 0 Å². The second-order valence-electron chi connectivity index (χ2n) is 6.11. The first-order chi connectivity index (χ1) is 12.5. The Labute approximate surface area is 150 Å². The Morgan fingerprint density at radius 1 is 1.35 bits per heavy atom. The first-order valence-electron chi connectivity index (χ1n) is 8.54. The fraction of sp³-hybridized carbons (Fsp3) is 0.333. The van der Waals surface area contributed by atoms with Gasteiger partial charge in [0.1, 0.15) is 11.9 Å². The Balaban J connectivity index is 1.79. The van der Waals surface area contributed by atoms with E-state index >= 15 is 0 Å². The number of carbonyl (C=O) groups excluding carboxylic acids is 2. The average molecular weight is 355 g/mol. The number of rotatable bonds is 5. The van der Waals surface area contributed by atoms with Crippen molar-refractivity contribution in [3.05, 3.63) is 46.4 Å². The highest BCUT2D eigenvalue weighted by molar-refractivity contribution is 5.99. The molecule has 1 saturated heterocycles. The number of anilines is 1. The van der Waals surface area contributed by atoms with Gasteiger partial charge in [-0.05, 0) is 25.5 Å². The van der Waals surface area contributed by atoms with Crippen LogP contribution in [0.25, 0.3) is 11.4 Å². The maximum absolute atomic E-state index is 12.4. The van der Waals surface area contributed by atoms with E-state index in [2.05, 4.69) is 20.6 Å². The Morgan fingerprint density at radius 3 is 2.85 bits per heavy atom. The number of aromatic amines is 1. The summed E-state index contributed by atoms with van der Waals surface area (Å²) >= 11 is 0. The van der Waals surface area contributed by atoms with Gasteiger partial charge in [0.25, 0.3) is 11.5 Å². The molecule has 3 amide bonds. The highest BCUT2D eigenvalue weighted by atomic mass is 16.2. The topological polar surface area (TPSA) is 107 Å². The molecule has 1 aromatic heterocycles. The first kappa shape index (κ1) is 17.7. The minimum atomic E-state index is -0.567. The van der Waals surface area contributed by atoms with Crippen molar-refractivity contribution in [1.29, 1.82) is 0 Å². The van der Waals surface area contributed by atoms with Crippen molar-refractivity contribution in [1.82, 2.24) is 20.2 Å². The lowest BCUT2D eigenvalue weighted by atomic mass is 10.1. The Bertz CT molecular complexity index is 892. The molecule has 0 spiro atoms. The third-order valence-corrected chi connectivity index (χ3v) is 4.17. The summed E-state index contributed by atoms with van der Waals surface area (Å²) in [6.45, 7) is 4.49. The fourth-order valence-electron chi connectivity index (χ4n) is 2.81. The predicted octanol–water partition coefficient (Wildman–Crippen LogP) is 1.35. The van der Waals surface area contributed by atoms with Crippen LogP contribution in [0.15, 0.2) is 35.1 Å². The van der Waals surface area contributed by atoms with Crippen molar-refractivity contribution in [3.8, 4) is 11.4 Å². The molecular weight excluding hydrogens is 334 g/mol. The maximum Gasteiger partial charge on any atom is 0.324 e. The van der Waals surface area contributed by atoms with Crippen molar-refractivity contribution in [2.45, 2.75) is 26.3 Å². The SMILES string of the molecule is CCc1cc(=O)[nH]c(-c2cccc(N[C@@H](C)C(=O)N3CCNC3=O)c2)n1. The predicted molar refractivity (Wildman–Crippen MR) is 97.9 cm³/mol. The Kier molecular flexibility index (Phi) is 5.01. The van der Waals surface area contributed by atoms with E-state index in [4.69, 9.17) is 0 Å². The van der Waals surface area contributed by atoms with E-state index in [1.54, 1.807) is 6.92 Å². The maximum atomic E-state index is 12.4. The number of carbonyl (C=O) groups is 2. The number of hydrogen-bond donors (Lipinski definition) is 3. The van der Waals surface area contributed by atoms with Gasteiger partial charge in [-0.2, -0.15) is 0 Å². The van der Waals surface area contributed by atoms with Crippen LogP contribution in [0.1, 0.15) is 19.5 Å². The summed E-state index contributed by atoms with van der Waals surface area (Å²) in [6, 6.07) is 7.83. The summed E-state index contributed by atoms with van der Waals surface area (Å²) in [5, 5.41) is 5.71. The summed E-state index contributed by atoms with van der Waals surface area (Å²) < 4.78 is 0. The zero-order valence-electron chi connectivity index (χ0n) is 14.7. The molecular formula is C18H21N5O3. The van der Waals surface area contributed by atoms with Crippen LogP contribution in [-0.4, -0.2) is 45.9 Å². The number of aromatic nitrogens is 2. The molecule has 0 saturated carbocycles. The zero-order chi connectivity index (χ0) is 18.7. The fourth-order valence-corrected chi connectivity index (χ4v) is 2.81. The van der Waals surface area contributed by atoms with Gasteiger partial charge < -0.3 is 15.6 Å². The normalized spacial score (nSPS) is 14.8. The van der Waals surface area contributed by atoms with E-state index in [0.717, 1.165) is 5.56 Å². The summed E-state index contributed by atoms with van der Waals surface area (Å²) in [7, 11) is 0. The van der Waals surface area contributed by atoms with Crippen molar-refractivity contribution < 1.29 is 9.59 Å². The van der Waals surface area contributed by atoms with E-state index in [1.165, 1.54) is 11.0 Å². The molecule has 3 N–H and O–H groups in total. The molecule has 26 heavy (non-hydrogen) atoms. The monoisotopic (exact) mass is 355 g/mol. The van der Waals surface area contributed by atoms with Gasteiger partial charge >= 0.3 is 6.03 Å². The number of urea groups is 1. The van der Waals surface area contributed by atoms with E-state index in [9.17, 15) is 14.4 Å². The molecule has 1 aliphatic rings. The molecule has 1 fully saturated rings. The third-order valence-electron chi connectivity index (χ3n) is 4.17. The van der Waals surface area contributed by atoms with Crippen LogP contribution in [0, 0.1) is 0 Å². The number of aryl methyl sites for hydroxylation is 1. The van der Waals surface area contributed by atoms with E-state index in [1.807, 2.05) is 31.2 Å². The Morgan fingerprint density at radius 2 is 2.15 bits per heavy atom. The number of H-pyrrole nitrogens is 1. The average Bonchev–Trinajstić information content (AvgIpc) is 3.06. The van der Waals surface area contributed by atoms with Crippen LogP contribution in [0.4, 0.5) is 10.5 Å². The van der Waals surface area contributed by atoms with Crippen LogP contribution < -0.4 is 16.2 Å². The van der Waals surface area contributed by atoms with Crippen LogP contribution >= 0.6 is 0 Å². The van der Waals surface area contributed by atoms with Gasteiger partial charge in [-0.1, -0.05) is 19.1 Å². The largest absolute Gasteiger partial charge is 0.374 e. The minimum absolute atomic E-state index is 0.200. The number of amides is 3. The molecule has 2 heterocycles. The number of nitrogens with one attached hydrogen (secondary N) is 3. The molecule has 136 valence electrons. The zero-order valence-corrected chi connectivity index (χ0v) is 14.7. The van der Waals surface area contributed by atoms with Crippen LogP contribution in [0.3, 0.4) is 0 Å². The van der Waals surface area contributed by atoms with E-state index in [-0.39, 0.29) is 17.5 Å². The summed E-state index contributed by atoms with van der Waals surface area (Å²) in [4.78, 5) is 44.2. The standard InChI is InChI=1S/C18H21N5O3/c1-3-13-10-15(24)22-16(21-13)12-5-4-6-14(9-12)20-11(2)17(25)23-8-7-19-18(23)26/h4-6,9-11,20H,3,7-8H2,1-2H3,(H,19,26)(H,21,22,24)/t11-/m0/s1.